The summed E-state index contributed by atoms with van der Waals surface area (Å²) in [7, 11) is 0. The van der Waals surface area contributed by atoms with Gasteiger partial charge in [0.1, 0.15) is 17.6 Å². The monoisotopic (exact) mass is 385 g/mol. The fraction of sp³-hybridized carbons (Fsp3) is 0.286. The SMILES string of the molecule is CCOc1ccc(/C=N/NC(=O)C(NC(=O)c2ccc(F)cc2)C(C)C)cc1. The Morgan fingerprint density at radius 3 is 2.32 bits per heavy atom. The van der Waals surface area contributed by atoms with E-state index >= 15 is 0 Å². The van der Waals surface area contributed by atoms with Crippen LogP contribution in [-0.4, -0.2) is 30.7 Å². The summed E-state index contributed by atoms with van der Waals surface area (Å²) in [5.41, 5.74) is 3.51. The van der Waals surface area contributed by atoms with Crippen LogP contribution in [0.2, 0.25) is 0 Å². The van der Waals surface area contributed by atoms with Crippen molar-refractivity contribution < 1.29 is 18.7 Å². The Morgan fingerprint density at radius 1 is 1.11 bits per heavy atom. The fourth-order valence-electron chi connectivity index (χ4n) is 2.42. The minimum Gasteiger partial charge on any atom is -0.494 e. The molecule has 0 bridgehead atoms. The summed E-state index contributed by atoms with van der Waals surface area (Å²) in [6.45, 7) is 6.12. The van der Waals surface area contributed by atoms with Crippen LogP contribution in [0.25, 0.3) is 0 Å². The van der Waals surface area contributed by atoms with Crippen LogP contribution in [0.5, 0.6) is 5.75 Å². The third kappa shape index (κ3) is 6.19. The molecule has 0 heterocycles. The van der Waals surface area contributed by atoms with E-state index in [1.807, 2.05) is 45.0 Å². The van der Waals surface area contributed by atoms with Crippen LogP contribution in [0.4, 0.5) is 4.39 Å². The van der Waals surface area contributed by atoms with Gasteiger partial charge >= 0.3 is 0 Å². The summed E-state index contributed by atoms with van der Waals surface area (Å²) in [5, 5.41) is 6.60. The fourth-order valence-corrected chi connectivity index (χ4v) is 2.42. The molecular weight excluding hydrogens is 361 g/mol. The Balaban J connectivity index is 1.96. The zero-order chi connectivity index (χ0) is 20.5. The number of hydrogen-bond acceptors (Lipinski definition) is 4. The number of hydrogen-bond donors (Lipinski definition) is 2. The second-order valence-corrected chi connectivity index (χ2v) is 6.44. The number of nitrogens with one attached hydrogen (secondary N) is 2. The van der Waals surface area contributed by atoms with Crippen LogP contribution >= 0.6 is 0 Å². The zero-order valence-electron chi connectivity index (χ0n) is 16.1. The number of rotatable bonds is 8. The molecule has 0 aliphatic carbocycles. The molecule has 0 aliphatic heterocycles. The summed E-state index contributed by atoms with van der Waals surface area (Å²) in [6, 6.07) is 11.6. The van der Waals surface area contributed by atoms with Gasteiger partial charge < -0.3 is 10.1 Å². The number of carbonyl (C=O) groups excluding carboxylic acids is 2. The molecule has 2 rings (SSSR count). The number of nitrogens with zero attached hydrogens (tertiary/aromatic N) is 1. The normalized spacial score (nSPS) is 12.0. The van der Waals surface area contributed by atoms with Crippen LogP contribution < -0.4 is 15.5 Å². The molecule has 0 aromatic heterocycles. The third-order valence-corrected chi connectivity index (χ3v) is 3.92. The Labute approximate surface area is 163 Å². The van der Waals surface area contributed by atoms with Gasteiger partial charge in [-0.1, -0.05) is 13.8 Å². The van der Waals surface area contributed by atoms with Gasteiger partial charge in [0.25, 0.3) is 11.8 Å². The Bertz CT molecular complexity index is 818. The van der Waals surface area contributed by atoms with Gasteiger partial charge in [0.15, 0.2) is 0 Å². The highest BCUT2D eigenvalue weighted by Crippen LogP contribution is 2.11. The summed E-state index contributed by atoms with van der Waals surface area (Å²) >= 11 is 0. The molecule has 0 spiro atoms. The van der Waals surface area contributed by atoms with Gasteiger partial charge in [0.2, 0.25) is 0 Å². The second kappa shape index (κ2) is 10.2. The van der Waals surface area contributed by atoms with Crippen molar-refractivity contribution >= 4 is 18.0 Å². The number of ether oxygens (including phenoxy) is 1. The predicted octanol–water partition coefficient (Wildman–Crippen LogP) is 3.13. The highest BCUT2D eigenvalue weighted by Gasteiger charge is 2.24. The summed E-state index contributed by atoms with van der Waals surface area (Å²) in [5.74, 6) is -0.729. The number of hydrazone groups is 1. The molecule has 0 saturated heterocycles. The number of halogens is 1. The van der Waals surface area contributed by atoms with E-state index in [2.05, 4.69) is 15.8 Å². The van der Waals surface area contributed by atoms with Crippen molar-refractivity contribution in [1.82, 2.24) is 10.7 Å². The van der Waals surface area contributed by atoms with E-state index in [1.54, 1.807) is 0 Å². The first-order valence-corrected chi connectivity index (χ1v) is 9.03. The first-order valence-electron chi connectivity index (χ1n) is 9.03. The lowest BCUT2D eigenvalue weighted by Gasteiger charge is -2.20. The lowest BCUT2D eigenvalue weighted by Crippen LogP contribution is -2.48. The Kier molecular flexibility index (Phi) is 7.68. The molecule has 0 radical (unpaired) electrons. The summed E-state index contributed by atoms with van der Waals surface area (Å²) < 4.78 is 18.4. The van der Waals surface area contributed by atoms with E-state index in [4.69, 9.17) is 4.74 Å². The van der Waals surface area contributed by atoms with Gasteiger partial charge in [-0.25, -0.2) is 9.82 Å². The summed E-state index contributed by atoms with van der Waals surface area (Å²) in [6.07, 6.45) is 1.51. The van der Waals surface area contributed by atoms with E-state index < -0.39 is 23.7 Å². The van der Waals surface area contributed by atoms with Crippen LogP contribution in [0.1, 0.15) is 36.7 Å². The van der Waals surface area contributed by atoms with Crippen molar-refractivity contribution in [2.75, 3.05) is 6.61 Å². The lowest BCUT2D eigenvalue weighted by atomic mass is 10.0. The molecule has 2 aromatic rings. The van der Waals surface area contributed by atoms with Crippen LogP contribution in [0.3, 0.4) is 0 Å². The smallest absolute Gasteiger partial charge is 0.262 e. The molecule has 2 N–H and O–H groups in total. The van der Waals surface area contributed by atoms with Crippen molar-refractivity contribution in [3.8, 4) is 5.75 Å². The number of benzene rings is 2. The molecule has 6 nitrogen and oxygen atoms in total. The highest BCUT2D eigenvalue weighted by atomic mass is 19.1. The van der Waals surface area contributed by atoms with E-state index in [-0.39, 0.29) is 11.5 Å². The van der Waals surface area contributed by atoms with Gasteiger partial charge in [-0.05, 0) is 66.9 Å². The van der Waals surface area contributed by atoms with Crippen LogP contribution in [0, 0.1) is 11.7 Å². The van der Waals surface area contributed by atoms with Crippen LogP contribution in [0.15, 0.2) is 53.6 Å². The maximum absolute atomic E-state index is 13.0. The average Bonchev–Trinajstić information content (AvgIpc) is 2.67. The topological polar surface area (TPSA) is 79.8 Å². The number of amides is 2. The number of carbonyl (C=O) groups is 2. The quantitative estimate of drug-likeness (QED) is 0.541. The molecule has 2 aromatic carbocycles. The van der Waals surface area contributed by atoms with Crippen molar-refractivity contribution in [2.24, 2.45) is 11.0 Å². The van der Waals surface area contributed by atoms with Gasteiger partial charge in [0, 0.05) is 5.56 Å². The molecule has 0 aliphatic rings. The molecule has 1 unspecified atom stereocenters. The lowest BCUT2D eigenvalue weighted by molar-refractivity contribution is -0.123. The van der Waals surface area contributed by atoms with E-state index in [0.29, 0.717) is 6.61 Å². The highest BCUT2D eigenvalue weighted by molar-refractivity contribution is 5.97. The largest absolute Gasteiger partial charge is 0.494 e. The minimum atomic E-state index is -0.782. The van der Waals surface area contributed by atoms with E-state index in [0.717, 1.165) is 11.3 Å². The zero-order valence-corrected chi connectivity index (χ0v) is 16.1. The molecule has 7 heteroatoms. The molecule has 28 heavy (non-hydrogen) atoms. The van der Waals surface area contributed by atoms with Gasteiger partial charge in [-0.2, -0.15) is 5.10 Å². The van der Waals surface area contributed by atoms with Gasteiger partial charge in [-0.15, -0.1) is 0 Å². The van der Waals surface area contributed by atoms with Gasteiger partial charge in [0.05, 0.1) is 12.8 Å². The third-order valence-electron chi connectivity index (χ3n) is 3.92. The Morgan fingerprint density at radius 2 is 1.75 bits per heavy atom. The molecule has 148 valence electrons. The van der Waals surface area contributed by atoms with Crippen molar-refractivity contribution in [3.63, 3.8) is 0 Å². The Hall–Kier alpha value is -3.22. The predicted molar refractivity (Wildman–Crippen MR) is 106 cm³/mol. The van der Waals surface area contributed by atoms with E-state index in [1.165, 1.54) is 30.5 Å². The van der Waals surface area contributed by atoms with Crippen molar-refractivity contribution in [3.05, 3.63) is 65.5 Å². The maximum atomic E-state index is 13.0. The van der Waals surface area contributed by atoms with E-state index in [9.17, 15) is 14.0 Å². The van der Waals surface area contributed by atoms with Crippen molar-refractivity contribution in [2.45, 2.75) is 26.8 Å². The first-order chi connectivity index (χ1) is 13.4. The minimum absolute atomic E-state index is 0.162. The molecule has 0 saturated carbocycles. The van der Waals surface area contributed by atoms with Gasteiger partial charge in [-0.3, -0.25) is 9.59 Å². The van der Waals surface area contributed by atoms with Crippen molar-refractivity contribution in [1.29, 1.82) is 0 Å². The molecular formula is C21H24FN3O3. The summed E-state index contributed by atoms with van der Waals surface area (Å²) in [4.78, 5) is 24.7. The standard InChI is InChI=1S/C21H24FN3O3/c1-4-28-18-11-5-15(6-12-18)13-23-25-21(27)19(14(2)3)24-20(26)16-7-9-17(22)10-8-16/h5-14,19H,4H2,1-3H3,(H,24,26)(H,25,27)/b23-13+. The van der Waals surface area contributed by atoms with Crippen LogP contribution in [-0.2, 0) is 4.79 Å². The molecule has 1 atom stereocenters. The average molecular weight is 385 g/mol. The second-order valence-electron chi connectivity index (χ2n) is 6.44. The molecule has 0 fully saturated rings. The first kappa shape index (κ1) is 21.1. The molecule has 2 amide bonds. The maximum Gasteiger partial charge on any atom is 0.262 e.